The zero-order valence-corrected chi connectivity index (χ0v) is 17.1. The van der Waals surface area contributed by atoms with Gasteiger partial charge in [-0.25, -0.2) is 13.1 Å². The topological polar surface area (TPSA) is 97.4 Å². The van der Waals surface area contributed by atoms with E-state index in [1.165, 1.54) is 12.1 Å². The lowest BCUT2D eigenvalue weighted by atomic mass is 9.76. The number of hydrogen-bond donors (Lipinski definition) is 1. The van der Waals surface area contributed by atoms with Gasteiger partial charge < -0.3 is 0 Å². The molecule has 0 heterocycles. The fourth-order valence-corrected chi connectivity index (χ4v) is 4.71. The maximum Gasteiger partial charge on any atom is 0.264 e. The smallest absolute Gasteiger partial charge is 0.264 e. The third-order valence-electron chi connectivity index (χ3n) is 5.17. The highest BCUT2D eigenvalue weighted by Crippen LogP contribution is 2.49. The summed E-state index contributed by atoms with van der Waals surface area (Å²) in [5.41, 5.74) is -1.01. The van der Waals surface area contributed by atoms with E-state index in [0.29, 0.717) is 6.42 Å². The molecule has 1 aliphatic rings. The fraction of sp³-hybridized carbons (Fsp3) is 0.550. The minimum absolute atomic E-state index is 0.0362. The number of Topliss-reactive ketones (excluding diaryl/α,β-unsaturated/α-hetero) is 2. The number of carbonyl (C=O) groups is 3. The number of benzene rings is 1. The number of amides is 1. The lowest BCUT2D eigenvalue weighted by Gasteiger charge is -2.28. The molecule has 1 amide bonds. The second-order valence-electron chi connectivity index (χ2n) is 8.16. The van der Waals surface area contributed by atoms with Gasteiger partial charge in [-0.05, 0) is 37.3 Å². The van der Waals surface area contributed by atoms with Crippen LogP contribution < -0.4 is 4.72 Å². The molecular formula is C20H27NO5S. The molecule has 0 saturated heterocycles. The van der Waals surface area contributed by atoms with E-state index >= 15 is 0 Å². The molecule has 1 atom stereocenters. The summed E-state index contributed by atoms with van der Waals surface area (Å²) in [7, 11) is -4.09. The third kappa shape index (κ3) is 4.64. The first kappa shape index (κ1) is 21.3. The number of carbonyl (C=O) groups excluding carboxylic acids is 3. The molecule has 2 rings (SSSR count). The van der Waals surface area contributed by atoms with Gasteiger partial charge in [0.2, 0.25) is 5.91 Å². The Morgan fingerprint density at radius 3 is 2.22 bits per heavy atom. The maximum atomic E-state index is 13.0. The van der Waals surface area contributed by atoms with Crippen molar-refractivity contribution in [3.05, 3.63) is 29.8 Å². The van der Waals surface area contributed by atoms with Crippen molar-refractivity contribution in [3.8, 4) is 0 Å². The SMILES string of the molecule is CCC(=O)CC[C@@]1(C(=O)NS(=O)(=O)c2ccc(C)cc2)CC(C)(C)CC1=O. The van der Waals surface area contributed by atoms with Crippen LogP contribution in [0.4, 0.5) is 0 Å². The quantitative estimate of drug-likeness (QED) is 0.718. The minimum atomic E-state index is -4.09. The Morgan fingerprint density at radius 2 is 1.74 bits per heavy atom. The monoisotopic (exact) mass is 393 g/mol. The molecule has 1 fully saturated rings. The third-order valence-corrected chi connectivity index (χ3v) is 6.52. The molecule has 1 aliphatic carbocycles. The lowest BCUT2D eigenvalue weighted by molar-refractivity contribution is -0.139. The fourth-order valence-electron chi connectivity index (χ4n) is 3.66. The van der Waals surface area contributed by atoms with Gasteiger partial charge in [-0.2, -0.15) is 0 Å². The average Bonchev–Trinajstić information content (AvgIpc) is 2.82. The largest absolute Gasteiger partial charge is 0.300 e. The first-order valence-corrected chi connectivity index (χ1v) is 10.6. The first-order chi connectivity index (χ1) is 12.4. The number of sulfonamides is 1. The summed E-state index contributed by atoms with van der Waals surface area (Å²) in [6.07, 6.45) is 0.848. The normalized spacial score (nSPS) is 21.9. The van der Waals surface area contributed by atoms with Crippen molar-refractivity contribution in [3.63, 3.8) is 0 Å². The van der Waals surface area contributed by atoms with Crippen LogP contribution >= 0.6 is 0 Å². The Kier molecular flexibility index (Phi) is 5.94. The Balaban J connectivity index is 2.32. The van der Waals surface area contributed by atoms with Gasteiger partial charge in [-0.3, -0.25) is 14.4 Å². The van der Waals surface area contributed by atoms with E-state index in [4.69, 9.17) is 0 Å². The average molecular weight is 394 g/mol. The number of hydrogen-bond acceptors (Lipinski definition) is 5. The van der Waals surface area contributed by atoms with E-state index < -0.39 is 26.8 Å². The van der Waals surface area contributed by atoms with E-state index in [2.05, 4.69) is 4.72 Å². The van der Waals surface area contributed by atoms with E-state index in [9.17, 15) is 22.8 Å². The van der Waals surface area contributed by atoms with Gasteiger partial charge in [-0.15, -0.1) is 0 Å². The molecule has 27 heavy (non-hydrogen) atoms. The van der Waals surface area contributed by atoms with Gasteiger partial charge in [0.05, 0.1) is 4.90 Å². The van der Waals surface area contributed by atoms with E-state index in [1.807, 2.05) is 20.8 Å². The zero-order valence-electron chi connectivity index (χ0n) is 16.3. The van der Waals surface area contributed by atoms with Crippen LogP contribution in [-0.2, 0) is 24.4 Å². The summed E-state index contributed by atoms with van der Waals surface area (Å²) in [6, 6.07) is 6.11. The van der Waals surface area contributed by atoms with E-state index in [0.717, 1.165) is 5.56 Å². The molecule has 0 aromatic heterocycles. The van der Waals surface area contributed by atoms with Gasteiger partial charge in [-0.1, -0.05) is 38.5 Å². The van der Waals surface area contributed by atoms with Gasteiger partial charge >= 0.3 is 0 Å². The van der Waals surface area contributed by atoms with Crippen LogP contribution in [0.15, 0.2) is 29.2 Å². The lowest BCUT2D eigenvalue weighted by Crippen LogP contribution is -2.46. The van der Waals surface area contributed by atoms with E-state index in [1.54, 1.807) is 19.1 Å². The molecule has 0 bridgehead atoms. The predicted octanol–water partition coefficient (Wildman–Crippen LogP) is 2.93. The summed E-state index contributed by atoms with van der Waals surface area (Å²) < 4.78 is 27.3. The maximum absolute atomic E-state index is 13.0. The molecule has 0 spiro atoms. The van der Waals surface area contributed by atoms with Crippen LogP contribution in [0.25, 0.3) is 0 Å². The van der Waals surface area contributed by atoms with Gasteiger partial charge in [0.1, 0.15) is 17.0 Å². The molecule has 0 radical (unpaired) electrons. The van der Waals surface area contributed by atoms with Crippen LogP contribution in [0.3, 0.4) is 0 Å². The van der Waals surface area contributed by atoms with Crippen LogP contribution in [0.1, 0.15) is 58.4 Å². The van der Waals surface area contributed by atoms with Gasteiger partial charge in [0.25, 0.3) is 10.0 Å². The predicted molar refractivity (Wildman–Crippen MR) is 101 cm³/mol. The molecule has 1 aromatic rings. The standard InChI is InChI=1S/C20H27NO5S/c1-5-15(22)10-11-20(13-19(3,4)12-17(20)23)18(24)21-27(25,26)16-8-6-14(2)7-9-16/h6-9H,5,10-13H2,1-4H3,(H,21,24)/t20-/m1/s1. The highest BCUT2D eigenvalue weighted by atomic mass is 32.2. The highest BCUT2D eigenvalue weighted by Gasteiger charge is 2.55. The molecule has 1 N–H and O–H groups in total. The molecule has 148 valence electrons. The number of rotatable bonds is 7. The van der Waals surface area contributed by atoms with Gasteiger partial charge in [0.15, 0.2) is 0 Å². The molecule has 0 unspecified atom stereocenters. The summed E-state index contributed by atoms with van der Waals surface area (Å²) in [5.74, 6) is -1.18. The van der Waals surface area contributed by atoms with Crippen LogP contribution in [0.5, 0.6) is 0 Å². The first-order valence-electron chi connectivity index (χ1n) is 9.11. The Morgan fingerprint density at radius 1 is 1.15 bits per heavy atom. The van der Waals surface area contributed by atoms with Crippen LogP contribution in [-0.4, -0.2) is 25.9 Å². The summed E-state index contributed by atoms with van der Waals surface area (Å²) in [6.45, 7) is 7.29. The van der Waals surface area contributed by atoms with Crippen LogP contribution in [0, 0.1) is 17.8 Å². The molecular weight excluding hydrogens is 366 g/mol. The summed E-state index contributed by atoms with van der Waals surface area (Å²) in [4.78, 5) is 37.5. The van der Waals surface area contributed by atoms with Crippen molar-refractivity contribution >= 4 is 27.5 Å². The second kappa shape index (κ2) is 7.54. The molecule has 0 aliphatic heterocycles. The van der Waals surface area contributed by atoms with Crippen molar-refractivity contribution in [1.29, 1.82) is 0 Å². The number of nitrogens with one attached hydrogen (secondary N) is 1. The summed E-state index contributed by atoms with van der Waals surface area (Å²) >= 11 is 0. The molecule has 1 saturated carbocycles. The van der Waals surface area contributed by atoms with Crippen molar-refractivity contribution in [2.24, 2.45) is 10.8 Å². The second-order valence-corrected chi connectivity index (χ2v) is 9.85. The minimum Gasteiger partial charge on any atom is -0.300 e. The van der Waals surface area contributed by atoms with E-state index in [-0.39, 0.29) is 42.1 Å². The number of ketones is 2. The van der Waals surface area contributed by atoms with Gasteiger partial charge in [0, 0.05) is 19.3 Å². The summed E-state index contributed by atoms with van der Waals surface area (Å²) in [5, 5.41) is 0. The number of aryl methyl sites for hydroxylation is 1. The molecule has 6 nitrogen and oxygen atoms in total. The zero-order chi connectivity index (χ0) is 20.5. The van der Waals surface area contributed by atoms with Crippen molar-refractivity contribution in [1.82, 2.24) is 4.72 Å². The van der Waals surface area contributed by atoms with Crippen molar-refractivity contribution in [2.75, 3.05) is 0 Å². The highest BCUT2D eigenvalue weighted by molar-refractivity contribution is 7.90. The Bertz CT molecular complexity index is 855. The van der Waals surface area contributed by atoms with Crippen molar-refractivity contribution < 1.29 is 22.8 Å². The Hall–Kier alpha value is -2.02. The van der Waals surface area contributed by atoms with Crippen molar-refractivity contribution in [2.45, 2.75) is 64.7 Å². The molecule has 7 heteroatoms. The Labute approximate surface area is 160 Å². The molecule has 1 aromatic carbocycles. The van der Waals surface area contributed by atoms with Crippen LogP contribution in [0.2, 0.25) is 0 Å².